The lowest BCUT2D eigenvalue weighted by Gasteiger charge is -2.26. The number of hydrogen-bond acceptors (Lipinski definition) is 5. The fourth-order valence-electron chi connectivity index (χ4n) is 2.45. The summed E-state index contributed by atoms with van der Waals surface area (Å²) in [7, 11) is 4.11. The number of thiazole rings is 1. The topological polar surface area (TPSA) is 37.4 Å². The summed E-state index contributed by atoms with van der Waals surface area (Å²) in [5.41, 5.74) is 1.13. The molecule has 1 aromatic heterocycles. The van der Waals surface area contributed by atoms with Gasteiger partial charge in [0.2, 0.25) is 0 Å². The minimum Gasteiger partial charge on any atom is -0.376 e. The Balaban J connectivity index is 2.18. The summed E-state index contributed by atoms with van der Waals surface area (Å²) in [6.45, 7) is 7.27. The first kappa shape index (κ1) is 13.8. The highest BCUT2D eigenvalue weighted by molar-refractivity contribution is 7.15. The second-order valence-electron chi connectivity index (χ2n) is 5.00. The van der Waals surface area contributed by atoms with Crippen LogP contribution in [0.3, 0.4) is 0 Å². The molecule has 0 aliphatic carbocycles. The van der Waals surface area contributed by atoms with Gasteiger partial charge >= 0.3 is 0 Å². The fraction of sp³-hybridized carbons (Fsp3) is 0.769. The molecule has 0 radical (unpaired) electrons. The lowest BCUT2D eigenvalue weighted by atomic mass is 10.1. The predicted molar refractivity (Wildman–Crippen MR) is 76.5 cm³/mol. The highest BCUT2D eigenvalue weighted by atomic mass is 32.1. The summed E-state index contributed by atoms with van der Waals surface area (Å²) in [5.74, 6) is 0. The maximum absolute atomic E-state index is 5.64. The number of nitrogens with one attached hydrogen (secondary N) is 1. The predicted octanol–water partition coefficient (Wildman–Crippen LogP) is 2.35. The van der Waals surface area contributed by atoms with Crippen LogP contribution in [0.15, 0.2) is 0 Å². The van der Waals surface area contributed by atoms with E-state index >= 15 is 0 Å². The van der Waals surface area contributed by atoms with Crippen molar-refractivity contribution >= 4 is 16.5 Å². The molecule has 1 aliphatic rings. The van der Waals surface area contributed by atoms with Crippen molar-refractivity contribution in [2.75, 3.05) is 25.6 Å². The van der Waals surface area contributed by atoms with Crippen molar-refractivity contribution in [3.8, 4) is 0 Å². The highest BCUT2D eigenvalue weighted by Gasteiger charge is 2.30. The highest BCUT2D eigenvalue weighted by Crippen LogP contribution is 2.33. The van der Waals surface area contributed by atoms with Crippen LogP contribution in [0.2, 0.25) is 0 Å². The van der Waals surface area contributed by atoms with Crippen LogP contribution in [0.4, 0.5) is 5.13 Å². The van der Waals surface area contributed by atoms with Gasteiger partial charge < -0.3 is 15.0 Å². The van der Waals surface area contributed by atoms with Gasteiger partial charge in [-0.05, 0) is 34.2 Å². The van der Waals surface area contributed by atoms with E-state index in [1.54, 1.807) is 11.3 Å². The molecule has 0 bridgehead atoms. The van der Waals surface area contributed by atoms with Gasteiger partial charge in [0, 0.05) is 24.6 Å². The summed E-state index contributed by atoms with van der Waals surface area (Å²) in [5, 5.41) is 4.38. The molecule has 1 fully saturated rings. The summed E-state index contributed by atoms with van der Waals surface area (Å²) in [4.78, 5) is 8.31. The Morgan fingerprint density at radius 2 is 2.28 bits per heavy atom. The van der Waals surface area contributed by atoms with Crippen molar-refractivity contribution in [2.24, 2.45) is 0 Å². The van der Waals surface area contributed by atoms with Gasteiger partial charge in [-0.15, -0.1) is 11.3 Å². The zero-order valence-corrected chi connectivity index (χ0v) is 12.7. The molecule has 1 aliphatic heterocycles. The quantitative estimate of drug-likeness (QED) is 0.910. The Bertz CT molecular complexity index is 407. The van der Waals surface area contributed by atoms with Crippen molar-refractivity contribution in [1.29, 1.82) is 0 Å². The van der Waals surface area contributed by atoms with Gasteiger partial charge in [0.1, 0.15) is 0 Å². The molecular formula is C13H23N3OS. The maximum atomic E-state index is 5.64. The van der Waals surface area contributed by atoms with E-state index in [2.05, 4.69) is 38.0 Å². The van der Waals surface area contributed by atoms with Gasteiger partial charge in [-0.1, -0.05) is 0 Å². The number of rotatable bonds is 4. The van der Waals surface area contributed by atoms with E-state index in [9.17, 15) is 0 Å². The number of hydrogen-bond donors (Lipinski definition) is 1. The summed E-state index contributed by atoms with van der Waals surface area (Å²) >= 11 is 1.79. The second kappa shape index (κ2) is 5.55. The van der Waals surface area contributed by atoms with Crippen molar-refractivity contribution in [3.05, 3.63) is 10.6 Å². The van der Waals surface area contributed by atoms with Crippen LogP contribution in [0.25, 0.3) is 0 Å². The minimum absolute atomic E-state index is 0.296. The zero-order valence-electron chi connectivity index (χ0n) is 11.9. The zero-order chi connectivity index (χ0) is 13.3. The van der Waals surface area contributed by atoms with Crippen molar-refractivity contribution in [2.45, 2.75) is 45.4 Å². The Hall–Kier alpha value is -0.650. The molecule has 0 amide bonds. The van der Waals surface area contributed by atoms with Crippen LogP contribution in [0.1, 0.15) is 36.9 Å². The first-order valence-electron chi connectivity index (χ1n) is 6.53. The lowest BCUT2D eigenvalue weighted by molar-refractivity contribution is 0.118. The van der Waals surface area contributed by atoms with Gasteiger partial charge in [-0.2, -0.15) is 0 Å². The molecule has 2 rings (SSSR count). The molecule has 1 N–H and O–H groups in total. The van der Waals surface area contributed by atoms with Crippen molar-refractivity contribution < 1.29 is 4.74 Å². The third-order valence-corrected chi connectivity index (χ3v) is 5.21. The molecule has 102 valence electrons. The van der Waals surface area contributed by atoms with Crippen molar-refractivity contribution in [1.82, 2.24) is 10.3 Å². The van der Waals surface area contributed by atoms with E-state index in [0.717, 1.165) is 23.9 Å². The van der Waals surface area contributed by atoms with E-state index in [-0.39, 0.29) is 0 Å². The fourth-order valence-corrected chi connectivity index (χ4v) is 3.59. The van der Waals surface area contributed by atoms with E-state index < -0.39 is 0 Å². The molecule has 1 saturated heterocycles. The standard InChI is InChI=1S/C13H23N3OS/c1-8(14-4)12-9(2)15-13(18-12)16(5)11-6-7-17-10(11)3/h8,10-11,14H,6-7H2,1-5H3. The van der Waals surface area contributed by atoms with E-state index in [1.165, 1.54) is 4.88 Å². The van der Waals surface area contributed by atoms with Gasteiger partial charge in [0.15, 0.2) is 5.13 Å². The first-order chi connectivity index (χ1) is 8.54. The molecule has 18 heavy (non-hydrogen) atoms. The number of ether oxygens (including phenoxy) is 1. The Morgan fingerprint density at radius 3 is 2.83 bits per heavy atom. The van der Waals surface area contributed by atoms with Crippen LogP contribution >= 0.6 is 11.3 Å². The molecule has 0 aromatic carbocycles. The van der Waals surface area contributed by atoms with Crippen LogP contribution in [-0.2, 0) is 4.74 Å². The Kier molecular flexibility index (Phi) is 4.25. The van der Waals surface area contributed by atoms with E-state index in [1.807, 2.05) is 7.05 Å². The summed E-state index contributed by atoms with van der Waals surface area (Å²) < 4.78 is 5.64. The Labute approximate surface area is 113 Å². The van der Waals surface area contributed by atoms with Crippen molar-refractivity contribution in [3.63, 3.8) is 0 Å². The Morgan fingerprint density at radius 1 is 1.56 bits per heavy atom. The average Bonchev–Trinajstić information content (AvgIpc) is 2.93. The molecule has 3 unspecified atom stereocenters. The van der Waals surface area contributed by atoms with Gasteiger partial charge in [0.25, 0.3) is 0 Å². The SMILES string of the molecule is CNC(C)c1sc(N(C)C2CCOC2C)nc1C. The molecule has 4 nitrogen and oxygen atoms in total. The molecule has 2 heterocycles. The number of likely N-dealkylation sites (N-methyl/N-ethyl adjacent to an activating group) is 1. The molecule has 1 aromatic rings. The summed E-state index contributed by atoms with van der Waals surface area (Å²) in [6.07, 6.45) is 1.39. The third-order valence-electron chi connectivity index (χ3n) is 3.78. The molecule has 0 saturated carbocycles. The largest absolute Gasteiger partial charge is 0.376 e. The lowest BCUT2D eigenvalue weighted by Crippen LogP contribution is -2.36. The third kappa shape index (κ3) is 2.53. The number of aromatic nitrogens is 1. The number of anilines is 1. The number of nitrogens with zero attached hydrogens (tertiary/aromatic N) is 2. The second-order valence-corrected chi connectivity index (χ2v) is 6.01. The minimum atomic E-state index is 0.296. The average molecular weight is 269 g/mol. The molecule has 5 heteroatoms. The first-order valence-corrected chi connectivity index (χ1v) is 7.35. The number of aryl methyl sites for hydroxylation is 1. The maximum Gasteiger partial charge on any atom is 0.185 e. The smallest absolute Gasteiger partial charge is 0.185 e. The molecular weight excluding hydrogens is 246 g/mol. The van der Waals surface area contributed by atoms with E-state index in [0.29, 0.717) is 18.2 Å². The van der Waals surface area contributed by atoms with Gasteiger partial charge in [0.05, 0.1) is 17.8 Å². The van der Waals surface area contributed by atoms with Crippen LogP contribution in [-0.4, -0.2) is 37.8 Å². The monoisotopic (exact) mass is 269 g/mol. The normalized spacial score (nSPS) is 25.4. The van der Waals surface area contributed by atoms with Gasteiger partial charge in [-0.25, -0.2) is 4.98 Å². The van der Waals surface area contributed by atoms with Crippen LogP contribution in [0.5, 0.6) is 0 Å². The van der Waals surface area contributed by atoms with Crippen LogP contribution < -0.4 is 10.2 Å². The molecule has 0 spiro atoms. The van der Waals surface area contributed by atoms with Gasteiger partial charge in [-0.3, -0.25) is 0 Å². The summed E-state index contributed by atoms with van der Waals surface area (Å²) in [6, 6.07) is 0.815. The molecule has 3 atom stereocenters. The van der Waals surface area contributed by atoms with Crippen LogP contribution in [0, 0.1) is 6.92 Å². The van der Waals surface area contributed by atoms with E-state index in [4.69, 9.17) is 9.72 Å².